The Hall–Kier alpha value is -2.82. The van der Waals surface area contributed by atoms with Gasteiger partial charge in [0.15, 0.2) is 0 Å². The van der Waals surface area contributed by atoms with Crippen molar-refractivity contribution >= 4 is 17.6 Å². The fourth-order valence-electron chi connectivity index (χ4n) is 4.45. The molecule has 0 aromatic heterocycles. The molecule has 2 aliphatic rings. The van der Waals surface area contributed by atoms with E-state index in [9.17, 15) is 9.59 Å². The van der Waals surface area contributed by atoms with Crippen LogP contribution in [0.5, 0.6) is 0 Å². The Kier molecular flexibility index (Phi) is 4.84. The van der Waals surface area contributed by atoms with Crippen LogP contribution in [-0.4, -0.2) is 25.0 Å². The summed E-state index contributed by atoms with van der Waals surface area (Å²) in [5.74, 6) is 0.837. The van der Waals surface area contributed by atoms with E-state index in [4.69, 9.17) is 0 Å². The number of carbonyl (C=O) groups excluding carboxylic acids is 2. The summed E-state index contributed by atoms with van der Waals surface area (Å²) in [6.07, 6.45) is 1.16. The van der Waals surface area contributed by atoms with Crippen LogP contribution in [0, 0.1) is 5.92 Å². The zero-order chi connectivity index (χ0) is 19.7. The average molecular weight is 377 g/mol. The lowest BCUT2D eigenvalue weighted by Gasteiger charge is -2.31. The minimum Gasteiger partial charge on any atom is -0.345 e. The van der Waals surface area contributed by atoms with Crippen molar-refractivity contribution in [2.75, 3.05) is 18.0 Å². The lowest BCUT2D eigenvalue weighted by atomic mass is 9.88. The number of urea groups is 1. The molecule has 2 unspecified atom stereocenters. The number of fused-ring (bicyclic) bond motifs is 1. The monoisotopic (exact) mass is 377 g/mol. The standard InChI is InChI=1S/C23H27N3O2/c1-16(2)19-14-26(20-11-7-6-10-18(19)20)22(28)24-15-23(13-12-21(27)25-23)17-8-4-3-5-9-17/h3-11,16,19H,12-15H2,1-2H3,(H,24,28)(H,25,27). The number of rotatable bonds is 4. The molecule has 0 radical (unpaired) electrons. The summed E-state index contributed by atoms with van der Waals surface area (Å²) in [5, 5.41) is 6.20. The molecule has 2 aliphatic heterocycles. The Labute approximate surface area is 166 Å². The summed E-state index contributed by atoms with van der Waals surface area (Å²) in [4.78, 5) is 26.9. The van der Waals surface area contributed by atoms with Crippen molar-refractivity contribution < 1.29 is 9.59 Å². The van der Waals surface area contributed by atoms with Gasteiger partial charge >= 0.3 is 6.03 Å². The first-order valence-corrected chi connectivity index (χ1v) is 10.0. The van der Waals surface area contributed by atoms with Crippen molar-refractivity contribution in [2.45, 2.75) is 38.1 Å². The lowest BCUT2D eigenvalue weighted by Crippen LogP contribution is -2.51. The summed E-state index contributed by atoms with van der Waals surface area (Å²) in [7, 11) is 0. The third-order valence-electron chi connectivity index (χ3n) is 6.08. The van der Waals surface area contributed by atoms with Gasteiger partial charge in [-0.2, -0.15) is 0 Å². The van der Waals surface area contributed by atoms with Crippen LogP contribution < -0.4 is 15.5 Å². The minimum absolute atomic E-state index is 0.0319. The molecule has 0 spiro atoms. The maximum absolute atomic E-state index is 13.1. The molecule has 4 rings (SSSR count). The Balaban J connectivity index is 1.53. The van der Waals surface area contributed by atoms with E-state index in [0.29, 0.717) is 37.8 Å². The first-order chi connectivity index (χ1) is 13.5. The minimum atomic E-state index is -0.537. The van der Waals surface area contributed by atoms with Gasteiger partial charge in [0.2, 0.25) is 5.91 Å². The molecule has 0 aliphatic carbocycles. The van der Waals surface area contributed by atoms with Crippen LogP contribution in [0.1, 0.15) is 43.7 Å². The number of amides is 3. The predicted octanol–water partition coefficient (Wildman–Crippen LogP) is 3.76. The predicted molar refractivity (Wildman–Crippen MR) is 110 cm³/mol. The topological polar surface area (TPSA) is 61.4 Å². The smallest absolute Gasteiger partial charge is 0.321 e. The van der Waals surface area contributed by atoms with E-state index >= 15 is 0 Å². The molecule has 5 nitrogen and oxygen atoms in total. The summed E-state index contributed by atoms with van der Waals surface area (Å²) in [6.45, 7) is 5.46. The fourth-order valence-corrected chi connectivity index (χ4v) is 4.45. The van der Waals surface area contributed by atoms with Gasteiger partial charge in [-0.15, -0.1) is 0 Å². The Morgan fingerprint density at radius 2 is 1.89 bits per heavy atom. The molecular formula is C23H27N3O2. The molecule has 2 aromatic carbocycles. The normalized spacial score (nSPS) is 23.6. The molecule has 0 saturated carbocycles. The molecule has 28 heavy (non-hydrogen) atoms. The molecule has 3 amide bonds. The summed E-state index contributed by atoms with van der Waals surface area (Å²) >= 11 is 0. The number of nitrogens with one attached hydrogen (secondary N) is 2. The first-order valence-electron chi connectivity index (χ1n) is 10.0. The van der Waals surface area contributed by atoms with Gasteiger partial charge in [0.1, 0.15) is 0 Å². The summed E-state index contributed by atoms with van der Waals surface area (Å²) < 4.78 is 0. The van der Waals surface area contributed by atoms with Crippen LogP contribution in [0.25, 0.3) is 0 Å². The highest BCUT2D eigenvalue weighted by Crippen LogP contribution is 2.40. The molecule has 5 heteroatoms. The van der Waals surface area contributed by atoms with E-state index < -0.39 is 5.54 Å². The van der Waals surface area contributed by atoms with Crippen LogP contribution in [0.15, 0.2) is 54.6 Å². The number of hydrogen-bond acceptors (Lipinski definition) is 2. The van der Waals surface area contributed by atoms with Crippen molar-refractivity contribution in [1.82, 2.24) is 10.6 Å². The van der Waals surface area contributed by atoms with Gasteiger partial charge in [-0.1, -0.05) is 62.4 Å². The second kappa shape index (κ2) is 7.30. The zero-order valence-electron chi connectivity index (χ0n) is 16.4. The van der Waals surface area contributed by atoms with Gasteiger partial charge in [-0.3, -0.25) is 9.69 Å². The van der Waals surface area contributed by atoms with Crippen LogP contribution in [0.2, 0.25) is 0 Å². The summed E-state index contributed by atoms with van der Waals surface area (Å²) in [5.41, 5.74) is 2.72. The molecular weight excluding hydrogens is 350 g/mol. The van der Waals surface area contributed by atoms with Crippen molar-refractivity contribution in [3.63, 3.8) is 0 Å². The van der Waals surface area contributed by atoms with Crippen LogP contribution in [-0.2, 0) is 10.3 Å². The second-order valence-electron chi connectivity index (χ2n) is 8.17. The number of hydrogen-bond donors (Lipinski definition) is 2. The van der Waals surface area contributed by atoms with Gasteiger partial charge in [0, 0.05) is 31.1 Å². The molecule has 2 heterocycles. The molecule has 0 bridgehead atoms. The average Bonchev–Trinajstić information content (AvgIpc) is 3.29. The van der Waals surface area contributed by atoms with Crippen LogP contribution in [0.3, 0.4) is 0 Å². The largest absolute Gasteiger partial charge is 0.345 e. The second-order valence-corrected chi connectivity index (χ2v) is 8.17. The highest BCUT2D eigenvalue weighted by atomic mass is 16.2. The molecule has 1 fully saturated rings. The lowest BCUT2D eigenvalue weighted by molar-refractivity contribution is -0.119. The molecule has 2 aromatic rings. The fraction of sp³-hybridized carbons (Fsp3) is 0.391. The van der Waals surface area contributed by atoms with Gasteiger partial charge in [0.25, 0.3) is 0 Å². The highest BCUT2D eigenvalue weighted by molar-refractivity contribution is 5.94. The first kappa shape index (κ1) is 18.5. The number of anilines is 1. The van der Waals surface area contributed by atoms with Gasteiger partial charge < -0.3 is 10.6 Å². The molecule has 1 saturated heterocycles. The zero-order valence-corrected chi connectivity index (χ0v) is 16.4. The van der Waals surface area contributed by atoms with E-state index in [0.717, 1.165) is 11.3 Å². The molecule has 2 atom stereocenters. The Bertz CT molecular complexity index is 880. The third kappa shape index (κ3) is 3.26. The van der Waals surface area contributed by atoms with E-state index in [2.05, 4.69) is 30.5 Å². The van der Waals surface area contributed by atoms with E-state index in [-0.39, 0.29) is 11.9 Å². The number of carbonyl (C=O) groups is 2. The van der Waals surface area contributed by atoms with Crippen molar-refractivity contribution in [3.05, 3.63) is 65.7 Å². The Morgan fingerprint density at radius 1 is 1.18 bits per heavy atom. The van der Waals surface area contributed by atoms with Gasteiger partial charge in [-0.05, 0) is 29.5 Å². The van der Waals surface area contributed by atoms with E-state index in [1.165, 1.54) is 5.56 Å². The number of nitrogens with zero attached hydrogens (tertiary/aromatic N) is 1. The van der Waals surface area contributed by atoms with Crippen molar-refractivity contribution in [2.24, 2.45) is 5.92 Å². The van der Waals surface area contributed by atoms with Crippen LogP contribution in [0.4, 0.5) is 10.5 Å². The molecule has 2 N–H and O–H groups in total. The highest BCUT2D eigenvalue weighted by Gasteiger charge is 2.40. The maximum atomic E-state index is 13.1. The third-order valence-corrected chi connectivity index (χ3v) is 6.08. The summed E-state index contributed by atoms with van der Waals surface area (Å²) in [6, 6.07) is 18.0. The van der Waals surface area contributed by atoms with E-state index in [1.54, 1.807) is 0 Å². The number of para-hydroxylation sites is 1. The van der Waals surface area contributed by atoms with Gasteiger partial charge in [-0.25, -0.2) is 4.79 Å². The quantitative estimate of drug-likeness (QED) is 0.852. The van der Waals surface area contributed by atoms with Crippen molar-refractivity contribution in [1.29, 1.82) is 0 Å². The SMILES string of the molecule is CC(C)C1CN(C(=O)NCC2(c3ccccc3)CCC(=O)N2)c2ccccc21. The number of benzene rings is 2. The van der Waals surface area contributed by atoms with Crippen LogP contribution >= 0.6 is 0 Å². The van der Waals surface area contributed by atoms with Gasteiger partial charge in [0.05, 0.1) is 5.54 Å². The van der Waals surface area contributed by atoms with Crippen molar-refractivity contribution in [3.8, 4) is 0 Å². The maximum Gasteiger partial charge on any atom is 0.321 e. The molecule has 146 valence electrons. The van der Waals surface area contributed by atoms with E-state index in [1.807, 2.05) is 53.4 Å². The Morgan fingerprint density at radius 3 is 2.57 bits per heavy atom.